The third-order valence-corrected chi connectivity index (χ3v) is 2.62. The number of alkyl halides is 3. The van der Waals surface area contributed by atoms with Crippen molar-refractivity contribution in [1.82, 2.24) is 15.1 Å². The maximum absolute atomic E-state index is 12.4. The van der Waals surface area contributed by atoms with Crippen LogP contribution in [-0.2, 0) is 13.2 Å². The van der Waals surface area contributed by atoms with Crippen LogP contribution < -0.4 is 5.32 Å². The summed E-state index contributed by atoms with van der Waals surface area (Å²) in [7, 11) is 1.55. The molecule has 84 valence electrons. The molecule has 1 atom stereocenters. The first-order valence-electron chi connectivity index (χ1n) is 4.83. The zero-order chi connectivity index (χ0) is 11.1. The molecule has 0 aliphatic carbocycles. The number of halogens is 3. The van der Waals surface area contributed by atoms with Crippen molar-refractivity contribution in [3.05, 3.63) is 17.5 Å². The third-order valence-electron chi connectivity index (χ3n) is 2.62. The van der Waals surface area contributed by atoms with Crippen molar-refractivity contribution in [2.45, 2.75) is 25.1 Å². The molecule has 0 aromatic carbocycles. The Morgan fingerprint density at radius 1 is 1.53 bits per heavy atom. The van der Waals surface area contributed by atoms with E-state index in [0.29, 0.717) is 5.69 Å². The van der Waals surface area contributed by atoms with Gasteiger partial charge < -0.3 is 5.32 Å². The van der Waals surface area contributed by atoms with E-state index in [1.54, 1.807) is 7.05 Å². The summed E-state index contributed by atoms with van der Waals surface area (Å²) in [4.78, 5) is 0. The van der Waals surface area contributed by atoms with E-state index in [2.05, 4.69) is 10.4 Å². The smallest absolute Gasteiger partial charge is 0.309 e. The Labute approximate surface area is 85.3 Å². The molecule has 1 fully saturated rings. The van der Waals surface area contributed by atoms with Gasteiger partial charge in [0.05, 0.1) is 5.69 Å². The van der Waals surface area contributed by atoms with Gasteiger partial charge in [0, 0.05) is 13.1 Å². The highest BCUT2D eigenvalue weighted by atomic mass is 19.4. The van der Waals surface area contributed by atoms with E-state index < -0.39 is 11.9 Å². The number of hydrogen-bond donors (Lipinski definition) is 1. The summed E-state index contributed by atoms with van der Waals surface area (Å²) in [5.74, 6) is 0. The molecule has 1 saturated heterocycles. The molecule has 1 aliphatic rings. The fourth-order valence-corrected chi connectivity index (χ4v) is 1.88. The SMILES string of the molecule is Cn1nc(C(F)(F)F)cc1C1CCCN1. The quantitative estimate of drug-likeness (QED) is 0.781. The van der Waals surface area contributed by atoms with Gasteiger partial charge >= 0.3 is 6.18 Å². The highest BCUT2D eigenvalue weighted by Crippen LogP contribution is 2.31. The summed E-state index contributed by atoms with van der Waals surface area (Å²) in [6.07, 6.45) is -2.48. The molecule has 0 amide bonds. The minimum absolute atomic E-state index is 0.0126. The van der Waals surface area contributed by atoms with Crippen molar-refractivity contribution in [1.29, 1.82) is 0 Å². The number of nitrogens with zero attached hydrogens (tertiary/aromatic N) is 2. The van der Waals surface area contributed by atoms with Crippen LogP contribution in [0, 0.1) is 0 Å². The summed E-state index contributed by atoms with van der Waals surface area (Å²) in [6, 6.07) is 1.14. The number of aryl methyl sites for hydroxylation is 1. The van der Waals surface area contributed by atoms with E-state index in [9.17, 15) is 13.2 Å². The molecule has 1 aliphatic heterocycles. The average molecular weight is 219 g/mol. The van der Waals surface area contributed by atoms with E-state index in [4.69, 9.17) is 0 Å². The molecule has 1 N–H and O–H groups in total. The number of rotatable bonds is 1. The van der Waals surface area contributed by atoms with E-state index in [-0.39, 0.29) is 6.04 Å². The van der Waals surface area contributed by atoms with Gasteiger partial charge in [-0.05, 0) is 25.5 Å². The molecular formula is C9H12F3N3. The van der Waals surface area contributed by atoms with Crippen molar-refractivity contribution >= 4 is 0 Å². The van der Waals surface area contributed by atoms with Crippen LogP contribution in [0.1, 0.15) is 30.3 Å². The average Bonchev–Trinajstić information content (AvgIpc) is 2.69. The fraction of sp³-hybridized carbons (Fsp3) is 0.667. The van der Waals surface area contributed by atoms with Gasteiger partial charge in [-0.2, -0.15) is 18.3 Å². The Hall–Kier alpha value is -1.04. The maximum atomic E-state index is 12.4. The monoisotopic (exact) mass is 219 g/mol. The van der Waals surface area contributed by atoms with Crippen LogP contribution in [0.3, 0.4) is 0 Å². The Bertz CT molecular complexity index is 350. The lowest BCUT2D eigenvalue weighted by Crippen LogP contribution is -2.16. The molecule has 2 rings (SSSR count). The number of nitrogens with one attached hydrogen (secondary N) is 1. The zero-order valence-electron chi connectivity index (χ0n) is 8.30. The topological polar surface area (TPSA) is 29.9 Å². The fourth-order valence-electron chi connectivity index (χ4n) is 1.88. The molecule has 15 heavy (non-hydrogen) atoms. The molecule has 0 spiro atoms. The highest BCUT2D eigenvalue weighted by molar-refractivity contribution is 5.17. The molecule has 1 unspecified atom stereocenters. The lowest BCUT2D eigenvalue weighted by molar-refractivity contribution is -0.141. The van der Waals surface area contributed by atoms with Gasteiger partial charge in [0.15, 0.2) is 5.69 Å². The first-order chi connectivity index (χ1) is 6.98. The normalized spacial score (nSPS) is 22.3. The largest absolute Gasteiger partial charge is 0.435 e. The van der Waals surface area contributed by atoms with Crippen molar-refractivity contribution in [2.75, 3.05) is 6.54 Å². The molecule has 3 nitrogen and oxygen atoms in total. The molecular weight excluding hydrogens is 207 g/mol. The minimum Gasteiger partial charge on any atom is -0.309 e. The molecule has 6 heteroatoms. The Morgan fingerprint density at radius 3 is 2.73 bits per heavy atom. The van der Waals surface area contributed by atoms with Gasteiger partial charge in [0.2, 0.25) is 0 Å². The summed E-state index contributed by atoms with van der Waals surface area (Å²) >= 11 is 0. The first-order valence-corrected chi connectivity index (χ1v) is 4.83. The first kappa shape index (κ1) is 10.5. The van der Waals surface area contributed by atoms with Gasteiger partial charge in [0.1, 0.15) is 0 Å². The van der Waals surface area contributed by atoms with E-state index in [0.717, 1.165) is 25.5 Å². The van der Waals surface area contributed by atoms with Gasteiger partial charge in [-0.25, -0.2) is 0 Å². The van der Waals surface area contributed by atoms with Crippen molar-refractivity contribution in [3.8, 4) is 0 Å². The Kier molecular flexibility index (Phi) is 2.46. The van der Waals surface area contributed by atoms with Gasteiger partial charge in [0.25, 0.3) is 0 Å². The predicted octanol–water partition coefficient (Wildman–Crippen LogP) is 1.86. The van der Waals surface area contributed by atoms with E-state index in [1.807, 2.05) is 0 Å². The van der Waals surface area contributed by atoms with Gasteiger partial charge in [-0.3, -0.25) is 4.68 Å². The maximum Gasteiger partial charge on any atom is 0.435 e. The predicted molar refractivity (Wildman–Crippen MR) is 48.2 cm³/mol. The van der Waals surface area contributed by atoms with Gasteiger partial charge in [-0.1, -0.05) is 0 Å². The lowest BCUT2D eigenvalue weighted by atomic mass is 10.1. The Morgan fingerprint density at radius 2 is 2.27 bits per heavy atom. The Balaban J connectivity index is 2.29. The standard InChI is InChI=1S/C9H12F3N3/c1-15-7(6-3-2-4-13-6)5-8(14-15)9(10,11)12/h5-6,13H,2-4H2,1H3. The van der Waals surface area contributed by atoms with Crippen LogP contribution in [0.15, 0.2) is 6.07 Å². The molecule has 1 aromatic heterocycles. The zero-order valence-corrected chi connectivity index (χ0v) is 8.30. The number of hydrogen-bond acceptors (Lipinski definition) is 2. The summed E-state index contributed by atoms with van der Waals surface area (Å²) < 4.78 is 38.4. The van der Waals surface area contributed by atoms with Crippen LogP contribution in [0.4, 0.5) is 13.2 Å². The van der Waals surface area contributed by atoms with Crippen molar-refractivity contribution in [3.63, 3.8) is 0 Å². The van der Waals surface area contributed by atoms with Crippen molar-refractivity contribution < 1.29 is 13.2 Å². The lowest BCUT2D eigenvalue weighted by Gasteiger charge is -2.09. The third kappa shape index (κ3) is 1.99. The van der Waals surface area contributed by atoms with Crippen molar-refractivity contribution in [2.24, 2.45) is 7.05 Å². The summed E-state index contributed by atoms with van der Waals surface area (Å²) in [6.45, 7) is 0.858. The van der Waals surface area contributed by atoms with Crippen LogP contribution in [0.2, 0.25) is 0 Å². The highest BCUT2D eigenvalue weighted by Gasteiger charge is 2.35. The second-order valence-electron chi connectivity index (χ2n) is 3.72. The van der Waals surface area contributed by atoms with E-state index >= 15 is 0 Å². The van der Waals surface area contributed by atoms with Gasteiger partial charge in [-0.15, -0.1) is 0 Å². The van der Waals surface area contributed by atoms with Crippen LogP contribution in [-0.4, -0.2) is 16.3 Å². The number of aromatic nitrogens is 2. The summed E-state index contributed by atoms with van der Waals surface area (Å²) in [5, 5.41) is 6.63. The van der Waals surface area contributed by atoms with Crippen LogP contribution in [0.25, 0.3) is 0 Å². The molecule has 0 saturated carbocycles. The minimum atomic E-state index is -4.35. The summed E-state index contributed by atoms with van der Waals surface area (Å²) in [5.41, 5.74) is -0.200. The second-order valence-corrected chi connectivity index (χ2v) is 3.72. The molecule has 1 aromatic rings. The molecule has 0 radical (unpaired) electrons. The second kappa shape index (κ2) is 3.52. The van der Waals surface area contributed by atoms with Crippen LogP contribution >= 0.6 is 0 Å². The molecule has 0 bridgehead atoms. The van der Waals surface area contributed by atoms with E-state index in [1.165, 1.54) is 4.68 Å². The van der Waals surface area contributed by atoms with Crippen LogP contribution in [0.5, 0.6) is 0 Å². The molecule has 2 heterocycles.